The maximum atomic E-state index is 6.28. The molecule has 0 fully saturated rings. The summed E-state index contributed by atoms with van der Waals surface area (Å²) in [5.41, 5.74) is 9.88. The van der Waals surface area contributed by atoms with Gasteiger partial charge >= 0.3 is 0 Å². The lowest BCUT2D eigenvalue weighted by Crippen LogP contribution is -2.34. The highest BCUT2D eigenvalue weighted by Crippen LogP contribution is 2.51. The van der Waals surface area contributed by atoms with E-state index in [4.69, 9.17) is 28.2 Å². The number of hydrogen-bond donors (Lipinski definition) is 0. The van der Waals surface area contributed by atoms with Gasteiger partial charge in [0.25, 0.3) is 0 Å². The van der Waals surface area contributed by atoms with Gasteiger partial charge in [0.05, 0.1) is 17.4 Å². The third-order valence-electron chi connectivity index (χ3n) is 6.78. The fourth-order valence-electron chi connectivity index (χ4n) is 5.06. The van der Waals surface area contributed by atoms with Gasteiger partial charge < -0.3 is 4.90 Å². The molecule has 0 N–H and O–H groups in total. The van der Waals surface area contributed by atoms with E-state index in [1.165, 1.54) is 33.5 Å². The van der Waals surface area contributed by atoms with E-state index in [9.17, 15) is 0 Å². The molecule has 0 aromatic heterocycles. The van der Waals surface area contributed by atoms with Crippen LogP contribution in [0, 0.1) is 6.92 Å². The number of halogens is 2. The molecule has 0 unspecified atom stereocenters. The minimum Gasteiger partial charge on any atom is -0.308 e. The highest BCUT2D eigenvalue weighted by molar-refractivity contribution is 8.16. The minimum absolute atomic E-state index is 0.0891. The van der Waals surface area contributed by atoms with Gasteiger partial charge in [-0.25, -0.2) is 4.99 Å². The molecule has 1 atom stereocenters. The van der Waals surface area contributed by atoms with Crippen molar-refractivity contribution in [2.24, 2.45) is 4.99 Å². The minimum atomic E-state index is 0.0891. The van der Waals surface area contributed by atoms with Crippen LogP contribution >= 0.6 is 35.0 Å². The van der Waals surface area contributed by atoms with Gasteiger partial charge in [0.15, 0.2) is 5.17 Å². The third kappa shape index (κ3) is 4.38. The van der Waals surface area contributed by atoms with Gasteiger partial charge in [-0.3, -0.25) is 0 Å². The first-order chi connectivity index (χ1) is 17.1. The smallest absolute Gasteiger partial charge is 0.174 e. The third-order valence-corrected chi connectivity index (χ3v) is 8.13. The van der Waals surface area contributed by atoms with Crippen LogP contribution in [0.1, 0.15) is 47.6 Å². The Kier molecular flexibility index (Phi) is 6.09. The predicted molar refractivity (Wildman–Crippen MR) is 151 cm³/mol. The van der Waals surface area contributed by atoms with Crippen molar-refractivity contribution in [1.82, 2.24) is 4.90 Å². The van der Waals surface area contributed by atoms with Crippen LogP contribution in [0.4, 0.5) is 0 Å². The van der Waals surface area contributed by atoms with Gasteiger partial charge in [0, 0.05) is 15.5 Å². The molecule has 0 radical (unpaired) electrons. The van der Waals surface area contributed by atoms with Crippen LogP contribution in [0.25, 0.3) is 11.8 Å². The van der Waals surface area contributed by atoms with E-state index in [1.54, 1.807) is 11.8 Å². The molecule has 0 saturated heterocycles. The lowest BCUT2D eigenvalue weighted by molar-refractivity contribution is 0.458. The van der Waals surface area contributed by atoms with Gasteiger partial charge in [-0.05, 0) is 84.4 Å². The van der Waals surface area contributed by atoms with Gasteiger partial charge in [-0.2, -0.15) is 0 Å². The Hall–Kier alpha value is -2.72. The van der Waals surface area contributed by atoms with Gasteiger partial charge in [-0.15, -0.1) is 0 Å². The number of aryl methyl sites for hydroxylation is 1. The van der Waals surface area contributed by atoms with E-state index in [2.05, 4.69) is 71.8 Å². The summed E-state index contributed by atoms with van der Waals surface area (Å²) in [6.45, 7) is 2.12. The van der Waals surface area contributed by atoms with Crippen molar-refractivity contribution in [2.75, 3.05) is 0 Å². The predicted octanol–water partition coefficient (Wildman–Crippen LogP) is 9.28. The maximum absolute atomic E-state index is 6.28. The monoisotopic (exact) mass is 514 g/mol. The Morgan fingerprint density at radius 2 is 1.57 bits per heavy atom. The highest BCUT2D eigenvalue weighted by atomic mass is 35.5. The fraction of sp³-hybridized carbons (Fsp3) is 0.167. The molecule has 2 aliphatic heterocycles. The second-order valence-electron chi connectivity index (χ2n) is 9.15. The summed E-state index contributed by atoms with van der Waals surface area (Å²) in [5, 5.41) is 4.78. The molecule has 3 aromatic carbocycles. The molecule has 0 bridgehead atoms. The number of allylic oxidation sites excluding steroid dienone is 1. The SMILES string of the molecule is Cc1ccc(C2=CSC3=NC4=C(CCC/C4=C\c4ccc(Cl)cc4)[C@H](c4ccc(Cl)cc4)N23)cc1. The first kappa shape index (κ1) is 22.7. The van der Waals surface area contributed by atoms with Crippen molar-refractivity contribution in [3.63, 3.8) is 0 Å². The second-order valence-corrected chi connectivity index (χ2v) is 10.9. The number of fused-ring (bicyclic) bond motifs is 1. The summed E-state index contributed by atoms with van der Waals surface area (Å²) in [5.74, 6) is 0. The van der Waals surface area contributed by atoms with Crippen molar-refractivity contribution >= 4 is 51.9 Å². The average Bonchev–Trinajstić information content (AvgIpc) is 3.29. The Bertz CT molecular complexity index is 1400. The molecule has 3 aliphatic rings. The van der Waals surface area contributed by atoms with Crippen molar-refractivity contribution in [3.05, 3.63) is 127 Å². The highest BCUT2D eigenvalue weighted by Gasteiger charge is 2.40. The zero-order chi connectivity index (χ0) is 23.9. The number of aliphatic imine (C=N–C) groups is 1. The van der Waals surface area contributed by atoms with Crippen LogP contribution in [0.5, 0.6) is 0 Å². The second kappa shape index (κ2) is 9.39. The summed E-state index contributed by atoms with van der Waals surface area (Å²) in [6, 6.07) is 25.2. The molecule has 174 valence electrons. The van der Waals surface area contributed by atoms with E-state index in [0.29, 0.717) is 0 Å². The van der Waals surface area contributed by atoms with Crippen LogP contribution < -0.4 is 0 Å². The number of thioether (sulfide) groups is 1. The van der Waals surface area contributed by atoms with E-state index in [0.717, 1.165) is 45.7 Å². The topological polar surface area (TPSA) is 15.6 Å². The number of rotatable bonds is 3. The van der Waals surface area contributed by atoms with E-state index < -0.39 is 0 Å². The molecule has 3 aromatic rings. The van der Waals surface area contributed by atoms with Crippen LogP contribution in [0.2, 0.25) is 10.0 Å². The summed E-state index contributed by atoms with van der Waals surface area (Å²) < 4.78 is 0. The van der Waals surface area contributed by atoms with Gasteiger partial charge in [0.1, 0.15) is 0 Å². The number of benzene rings is 3. The van der Waals surface area contributed by atoms with E-state index in [1.807, 2.05) is 24.3 Å². The number of amidine groups is 1. The van der Waals surface area contributed by atoms with Crippen LogP contribution in [-0.4, -0.2) is 10.1 Å². The molecule has 0 amide bonds. The maximum Gasteiger partial charge on any atom is 0.174 e. The zero-order valence-corrected chi connectivity index (χ0v) is 21.7. The molecule has 35 heavy (non-hydrogen) atoms. The Labute approximate surface area is 220 Å². The van der Waals surface area contributed by atoms with Gasteiger partial charge in [0.2, 0.25) is 0 Å². The number of hydrogen-bond acceptors (Lipinski definition) is 3. The molecular weight excluding hydrogens is 491 g/mol. The normalized spacial score (nSPS) is 20.5. The van der Waals surface area contributed by atoms with Crippen molar-refractivity contribution in [2.45, 2.75) is 32.2 Å². The summed E-state index contributed by atoms with van der Waals surface area (Å²) in [6.07, 6.45) is 5.43. The Balaban J connectivity index is 1.48. The largest absolute Gasteiger partial charge is 0.308 e. The molecule has 1 aliphatic carbocycles. The first-order valence-electron chi connectivity index (χ1n) is 11.8. The zero-order valence-electron chi connectivity index (χ0n) is 19.3. The Morgan fingerprint density at radius 3 is 2.29 bits per heavy atom. The van der Waals surface area contributed by atoms with Crippen LogP contribution in [0.15, 0.2) is 100 Å². The van der Waals surface area contributed by atoms with Gasteiger partial charge in [-0.1, -0.05) is 89.1 Å². The Morgan fingerprint density at radius 1 is 0.886 bits per heavy atom. The summed E-state index contributed by atoms with van der Waals surface area (Å²) in [7, 11) is 0. The molecule has 0 saturated carbocycles. The molecule has 0 spiro atoms. The molecular formula is C30H24Cl2N2S. The average molecular weight is 516 g/mol. The standard InChI is InChI=1S/C30H24Cl2N2S/c1-19-5-9-21(10-6-19)27-18-35-30-33-28-23(17-20-7-13-24(31)14-8-20)3-2-4-26(28)29(34(27)30)22-11-15-25(32)16-12-22/h5-18,29H,2-4H2,1H3/b23-17+/t29-/m0/s1. The van der Waals surface area contributed by atoms with Crippen molar-refractivity contribution in [1.29, 1.82) is 0 Å². The molecule has 6 rings (SSSR count). The van der Waals surface area contributed by atoms with Crippen LogP contribution in [-0.2, 0) is 0 Å². The van der Waals surface area contributed by atoms with E-state index >= 15 is 0 Å². The summed E-state index contributed by atoms with van der Waals surface area (Å²) in [4.78, 5) is 7.68. The lowest BCUT2D eigenvalue weighted by Gasteiger charge is -2.40. The molecule has 5 heteroatoms. The quantitative estimate of drug-likeness (QED) is 0.345. The number of nitrogens with zero attached hydrogens (tertiary/aromatic N) is 2. The van der Waals surface area contributed by atoms with Crippen molar-refractivity contribution in [3.8, 4) is 0 Å². The fourth-order valence-corrected chi connectivity index (χ4v) is 6.24. The molecule has 2 nitrogen and oxygen atoms in total. The van der Waals surface area contributed by atoms with Crippen molar-refractivity contribution < 1.29 is 0 Å². The molecule has 2 heterocycles. The van der Waals surface area contributed by atoms with E-state index in [-0.39, 0.29) is 6.04 Å². The van der Waals surface area contributed by atoms with Crippen LogP contribution in [0.3, 0.4) is 0 Å². The first-order valence-corrected chi connectivity index (χ1v) is 13.5. The lowest BCUT2D eigenvalue weighted by atomic mass is 9.82. The summed E-state index contributed by atoms with van der Waals surface area (Å²) >= 11 is 14.1.